The highest BCUT2D eigenvalue weighted by Crippen LogP contribution is 2.11. The minimum absolute atomic E-state index is 0.262. The number of rotatable bonds is 8. The first-order chi connectivity index (χ1) is 9.74. The second kappa shape index (κ2) is 8.29. The van der Waals surface area contributed by atoms with E-state index in [1.807, 2.05) is 0 Å². The number of hydrogen-bond acceptors (Lipinski definition) is 3. The molecule has 0 amide bonds. The van der Waals surface area contributed by atoms with Crippen LogP contribution in [-0.4, -0.2) is 32.5 Å². The van der Waals surface area contributed by atoms with Gasteiger partial charge in [0.2, 0.25) is 0 Å². The molecule has 1 aliphatic heterocycles. The highest BCUT2D eigenvalue weighted by atomic mass is 19.1. The van der Waals surface area contributed by atoms with Crippen LogP contribution >= 0.6 is 0 Å². The van der Waals surface area contributed by atoms with Crippen LogP contribution in [0.4, 0.5) is 8.78 Å². The highest BCUT2D eigenvalue weighted by molar-refractivity contribution is 5.17. The van der Waals surface area contributed by atoms with E-state index in [9.17, 15) is 8.78 Å². The van der Waals surface area contributed by atoms with Gasteiger partial charge < -0.3 is 14.8 Å². The van der Waals surface area contributed by atoms with E-state index in [0.29, 0.717) is 25.3 Å². The summed E-state index contributed by atoms with van der Waals surface area (Å²) < 4.78 is 36.9. The van der Waals surface area contributed by atoms with Crippen LogP contribution in [0.1, 0.15) is 24.8 Å². The van der Waals surface area contributed by atoms with Gasteiger partial charge in [0, 0.05) is 25.8 Å². The number of nitrogens with one attached hydrogen (secondary N) is 1. The molecule has 1 heterocycles. The predicted octanol–water partition coefficient (Wildman–Crippen LogP) is 2.64. The Hall–Kier alpha value is -1.04. The van der Waals surface area contributed by atoms with Gasteiger partial charge in [-0.05, 0) is 43.5 Å². The molecule has 0 radical (unpaired) electrons. The zero-order chi connectivity index (χ0) is 14.2. The van der Waals surface area contributed by atoms with Crippen LogP contribution in [0.3, 0.4) is 0 Å². The summed E-state index contributed by atoms with van der Waals surface area (Å²) in [7, 11) is 0. The molecule has 0 spiro atoms. The molecule has 112 valence electrons. The van der Waals surface area contributed by atoms with Crippen LogP contribution in [0.2, 0.25) is 0 Å². The Kier molecular flexibility index (Phi) is 6.36. The molecule has 1 aromatic carbocycles. The van der Waals surface area contributed by atoms with E-state index in [-0.39, 0.29) is 6.10 Å². The molecule has 2 rings (SSSR count). The van der Waals surface area contributed by atoms with Crippen molar-refractivity contribution < 1.29 is 18.3 Å². The van der Waals surface area contributed by atoms with Gasteiger partial charge in [0.1, 0.15) is 11.6 Å². The molecule has 1 saturated heterocycles. The summed E-state index contributed by atoms with van der Waals surface area (Å²) in [5.41, 5.74) is 0.614. The maximum absolute atomic E-state index is 13.0. The van der Waals surface area contributed by atoms with Gasteiger partial charge in [-0.3, -0.25) is 0 Å². The molecule has 1 atom stereocenters. The van der Waals surface area contributed by atoms with Crippen LogP contribution in [0.15, 0.2) is 18.2 Å². The third-order valence-electron chi connectivity index (χ3n) is 3.22. The third kappa shape index (κ3) is 5.53. The van der Waals surface area contributed by atoms with Crippen molar-refractivity contribution in [3.8, 4) is 0 Å². The average Bonchev–Trinajstić information content (AvgIpc) is 2.89. The summed E-state index contributed by atoms with van der Waals surface area (Å²) in [6.07, 6.45) is 3.34. The summed E-state index contributed by atoms with van der Waals surface area (Å²) in [6.45, 7) is 3.39. The van der Waals surface area contributed by atoms with Crippen molar-refractivity contribution in [3.63, 3.8) is 0 Å². The van der Waals surface area contributed by atoms with E-state index in [0.717, 1.165) is 38.5 Å². The van der Waals surface area contributed by atoms with Crippen molar-refractivity contribution in [2.45, 2.75) is 31.9 Å². The van der Waals surface area contributed by atoms with Crippen LogP contribution in [0.25, 0.3) is 0 Å². The molecule has 20 heavy (non-hydrogen) atoms. The maximum Gasteiger partial charge on any atom is 0.126 e. The van der Waals surface area contributed by atoms with Crippen molar-refractivity contribution in [3.05, 3.63) is 35.4 Å². The fraction of sp³-hybridized carbons (Fsp3) is 0.600. The molecule has 0 aromatic heterocycles. The number of benzene rings is 1. The van der Waals surface area contributed by atoms with Crippen molar-refractivity contribution >= 4 is 0 Å². The lowest BCUT2D eigenvalue weighted by Crippen LogP contribution is -2.19. The first-order valence-corrected chi connectivity index (χ1v) is 7.09. The Morgan fingerprint density at radius 2 is 2.05 bits per heavy atom. The lowest BCUT2D eigenvalue weighted by atomic mass is 10.2. The topological polar surface area (TPSA) is 30.5 Å². The minimum atomic E-state index is -0.540. The maximum atomic E-state index is 13.0. The molecule has 1 unspecified atom stereocenters. The minimum Gasteiger partial charge on any atom is -0.379 e. The Morgan fingerprint density at radius 1 is 1.25 bits per heavy atom. The zero-order valence-electron chi connectivity index (χ0n) is 11.5. The van der Waals surface area contributed by atoms with Gasteiger partial charge in [0.05, 0.1) is 12.7 Å². The van der Waals surface area contributed by atoms with Crippen molar-refractivity contribution in [1.29, 1.82) is 0 Å². The Morgan fingerprint density at radius 3 is 2.75 bits per heavy atom. The summed E-state index contributed by atoms with van der Waals surface area (Å²) >= 11 is 0. The van der Waals surface area contributed by atoms with E-state index in [1.54, 1.807) is 0 Å². The summed E-state index contributed by atoms with van der Waals surface area (Å²) in [4.78, 5) is 0. The van der Waals surface area contributed by atoms with Crippen LogP contribution < -0.4 is 5.32 Å². The SMILES string of the molecule is Fc1cc(F)cc(CNCCCOCC2CCCO2)c1. The molecule has 0 aliphatic carbocycles. The molecule has 1 N–H and O–H groups in total. The van der Waals surface area contributed by atoms with E-state index in [2.05, 4.69) is 5.32 Å². The molecule has 5 heteroatoms. The molecule has 1 aromatic rings. The van der Waals surface area contributed by atoms with Gasteiger partial charge in [-0.15, -0.1) is 0 Å². The Bertz CT molecular complexity index is 389. The van der Waals surface area contributed by atoms with Crippen LogP contribution in [-0.2, 0) is 16.0 Å². The highest BCUT2D eigenvalue weighted by Gasteiger charge is 2.14. The molecular formula is C15H21F2NO2. The van der Waals surface area contributed by atoms with Gasteiger partial charge in [-0.1, -0.05) is 0 Å². The zero-order valence-corrected chi connectivity index (χ0v) is 11.5. The van der Waals surface area contributed by atoms with E-state index in [4.69, 9.17) is 9.47 Å². The standard InChI is InChI=1S/C15H21F2NO2/c16-13-7-12(8-14(17)9-13)10-18-4-2-5-19-11-15-3-1-6-20-15/h7-9,15,18H,1-6,10-11H2. The van der Waals surface area contributed by atoms with Gasteiger partial charge in [0.25, 0.3) is 0 Å². The van der Waals surface area contributed by atoms with E-state index < -0.39 is 11.6 Å². The fourth-order valence-electron chi connectivity index (χ4n) is 2.24. The Labute approximate surface area is 118 Å². The van der Waals surface area contributed by atoms with Crippen LogP contribution in [0.5, 0.6) is 0 Å². The van der Waals surface area contributed by atoms with Gasteiger partial charge in [0.15, 0.2) is 0 Å². The Balaban J connectivity index is 1.50. The van der Waals surface area contributed by atoms with Gasteiger partial charge in [-0.2, -0.15) is 0 Å². The molecule has 3 nitrogen and oxygen atoms in total. The number of hydrogen-bond donors (Lipinski definition) is 1. The van der Waals surface area contributed by atoms with Gasteiger partial charge in [-0.25, -0.2) is 8.78 Å². The third-order valence-corrected chi connectivity index (χ3v) is 3.22. The molecular weight excluding hydrogens is 264 g/mol. The normalized spacial score (nSPS) is 18.6. The quantitative estimate of drug-likeness (QED) is 0.745. The monoisotopic (exact) mass is 285 g/mol. The largest absolute Gasteiger partial charge is 0.379 e. The average molecular weight is 285 g/mol. The number of ether oxygens (including phenoxy) is 2. The predicted molar refractivity (Wildman–Crippen MR) is 72.5 cm³/mol. The first-order valence-electron chi connectivity index (χ1n) is 7.09. The molecule has 0 bridgehead atoms. The summed E-state index contributed by atoms with van der Waals surface area (Å²) in [5, 5.41) is 3.14. The summed E-state index contributed by atoms with van der Waals surface area (Å²) in [5.74, 6) is -1.08. The lowest BCUT2D eigenvalue weighted by molar-refractivity contribution is 0.0166. The molecule has 0 saturated carbocycles. The van der Waals surface area contributed by atoms with Crippen molar-refractivity contribution in [1.82, 2.24) is 5.32 Å². The molecule has 1 fully saturated rings. The second-order valence-corrected chi connectivity index (χ2v) is 5.02. The first kappa shape index (κ1) is 15.4. The van der Waals surface area contributed by atoms with E-state index >= 15 is 0 Å². The van der Waals surface area contributed by atoms with Crippen molar-refractivity contribution in [2.75, 3.05) is 26.4 Å². The van der Waals surface area contributed by atoms with Crippen molar-refractivity contribution in [2.24, 2.45) is 0 Å². The molecule has 1 aliphatic rings. The number of halogens is 2. The van der Waals surface area contributed by atoms with Crippen LogP contribution in [0, 0.1) is 11.6 Å². The van der Waals surface area contributed by atoms with E-state index in [1.165, 1.54) is 12.1 Å². The lowest BCUT2D eigenvalue weighted by Gasteiger charge is -2.10. The fourth-order valence-corrected chi connectivity index (χ4v) is 2.24. The van der Waals surface area contributed by atoms with Gasteiger partial charge >= 0.3 is 0 Å². The summed E-state index contributed by atoms with van der Waals surface area (Å²) in [6, 6.07) is 3.55. The second-order valence-electron chi connectivity index (χ2n) is 5.02. The smallest absolute Gasteiger partial charge is 0.126 e.